The standard InChI is InChI=1S/C15H17N5O3S/c1-2-7-18-15-19-12(11-24-15)14(22)23-10-13(21)20(8-3-5-16)9-4-6-17/h2,11H,1,3-4,7-10H2,(H,18,19). The molecule has 0 bridgehead atoms. The van der Waals surface area contributed by atoms with Crippen molar-refractivity contribution in [3.63, 3.8) is 0 Å². The molecule has 8 nitrogen and oxygen atoms in total. The molecule has 0 aliphatic heterocycles. The second kappa shape index (κ2) is 10.8. The lowest BCUT2D eigenvalue weighted by Gasteiger charge is -2.19. The van der Waals surface area contributed by atoms with Crippen molar-refractivity contribution < 1.29 is 14.3 Å². The number of carbonyl (C=O) groups is 2. The van der Waals surface area contributed by atoms with Crippen LogP contribution in [0.3, 0.4) is 0 Å². The SMILES string of the molecule is C=CCNc1nc(C(=O)OCC(=O)N(CCC#N)CCC#N)cs1. The average Bonchev–Trinajstić information content (AvgIpc) is 3.06. The van der Waals surface area contributed by atoms with E-state index < -0.39 is 18.5 Å². The maximum absolute atomic E-state index is 12.0. The van der Waals surface area contributed by atoms with Crippen LogP contribution in [0.15, 0.2) is 18.0 Å². The predicted octanol–water partition coefficient (Wildman–Crippen LogP) is 1.55. The first kappa shape index (κ1) is 19.1. The first-order chi connectivity index (χ1) is 11.6. The van der Waals surface area contributed by atoms with E-state index in [0.29, 0.717) is 11.7 Å². The Balaban J connectivity index is 2.52. The molecule has 0 aliphatic carbocycles. The molecule has 24 heavy (non-hydrogen) atoms. The summed E-state index contributed by atoms with van der Waals surface area (Å²) < 4.78 is 4.95. The molecule has 1 N–H and O–H groups in total. The fourth-order valence-corrected chi connectivity index (χ4v) is 2.32. The van der Waals surface area contributed by atoms with E-state index in [0.717, 1.165) is 0 Å². The molecule has 0 saturated carbocycles. The molecule has 1 rings (SSSR count). The first-order valence-corrected chi connectivity index (χ1v) is 7.99. The third-order valence-corrected chi connectivity index (χ3v) is 3.58. The van der Waals surface area contributed by atoms with Gasteiger partial charge in [0.05, 0.1) is 25.0 Å². The second-order valence-corrected chi connectivity index (χ2v) is 5.34. The van der Waals surface area contributed by atoms with Gasteiger partial charge in [-0.2, -0.15) is 10.5 Å². The molecule has 1 amide bonds. The van der Waals surface area contributed by atoms with Gasteiger partial charge in [0.1, 0.15) is 0 Å². The molecule has 1 aromatic heterocycles. The summed E-state index contributed by atoms with van der Waals surface area (Å²) in [5.74, 6) is -1.15. The highest BCUT2D eigenvalue weighted by Crippen LogP contribution is 2.15. The van der Waals surface area contributed by atoms with Crippen molar-refractivity contribution in [3.05, 3.63) is 23.7 Å². The number of nitrogens with zero attached hydrogens (tertiary/aromatic N) is 4. The van der Waals surface area contributed by atoms with Crippen molar-refractivity contribution in [3.8, 4) is 12.1 Å². The molecule has 0 atom stereocenters. The van der Waals surface area contributed by atoms with E-state index in [1.807, 2.05) is 12.1 Å². The smallest absolute Gasteiger partial charge is 0.358 e. The Morgan fingerprint density at radius 3 is 2.62 bits per heavy atom. The zero-order valence-electron chi connectivity index (χ0n) is 13.0. The number of esters is 1. The highest BCUT2D eigenvalue weighted by Gasteiger charge is 2.18. The zero-order valence-corrected chi connectivity index (χ0v) is 13.8. The largest absolute Gasteiger partial charge is 0.451 e. The van der Waals surface area contributed by atoms with Gasteiger partial charge in [0.2, 0.25) is 0 Å². The van der Waals surface area contributed by atoms with Gasteiger partial charge in [-0.15, -0.1) is 17.9 Å². The van der Waals surface area contributed by atoms with E-state index in [1.54, 1.807) is 6.08 Å². The van der Waals surface area contributed by atoms with Crippen LogP contribution in [0, 0.1) is 22.7 Å². The molecule has 1 aromatic rings. The molecule has 0 fully saturated rings. The van der Waals surface area contributed by atoms with Crippen LogP contribution in [0.25, 0.3) is 0 Å². The molecule has 1 heterocycles. The van der Waals surface area contributed by atoms with Crippen molar-refractivity contribution >= 4 is 28.3 Å². The highest BCUT2D eigenvalue weighted by atomic mass is 32.1. The number of ether oxygens (including phenoxy) is 1. The summed E-state index contributed by atoms with van der Waals surface area (Å²) in [6.45, 7) is 4.02. The Kier molecular flexibility index (Phi) is 8.58. The van der Waals surface area contributed by atoms with Crippen LogP contribution < -0.4 is 5.32 Å². The van der Waals surface area contributed by atoms with Gasteiger partial charge in [0.15, 0.2) is 17.4 Å². The maximum Gasteiger partial charge on any atom is 0.358 e. The van der Waals surface area contributed by atoms with E-state index in [-0.39, 0.29) is 31.6 Å². The number of hydrogen-bond donors (Lipinski definition) is 1. The molecule has 0 aliphatic rings. The van der Waals surface area contributed by atoms with Gasteiger partial charge >= 0.3 is 5.97 Å². The van der Waals surface area contributed by atoms with Gasteiger partial charge in [-0.3, -0.25) is 4.79 Å². The summed E-state index contributed by atoms with van der Waals surface area (Å²) in [5, 5.41) is 22.2. The normalized spacial score (nSPS) is 9.42. The summed E-state index contributed by atoms with van der Waals surface area (Å²) in [7, 11) is 0. The average molecular weight is 347 g/mol. The Morgan fingerprint density at radius 1 is 1.38 bits per heavy atom. The number of thiazole rings is 1. The van der Waals surface area contributed by atoms with Gasteiger partial charge < -0.3 is 15.0 Å². The van der Waals surface area contributed by atoms with E-state index in [1.165, 1.54) is 21.6 Å². The third-order valence-electron chi connectivity index (χ3n) is 2.78. The van der Waals surface area contributed by atoms with E-state index in [4.69, 9.17) is 15.3 Å². The number of carbonyl (C=O) groups excluding carboxylic acids is 2. The van der Waals surface area contributed by atoms with Gasteiger partial charge in [-0.05, 0) is 0 Å². The molecule has 0 aromatic carbocycles. The number of nitriles is 2. The van der Waals surface area contributed by atoms with Crippen molar-refractivity contribution in [2.75, 3.05) is 31.6 Å². The Labute approximate surface area is 144 Å². The first-order valence-electron chi connectivity index (χ1n) is 7.11. The molecular formula is C15H17N5O3S. The molecule has 9 heteroatoms. The number of nitrogens with one attached hydrogen (secondary N) is 1. The lowest BCUT2D eigenvalue weighted by molar-refractivity contribution is -0.134. The number of aromatic nitrogens is 1. The Hall–Kier alpha value is -2.91. The van der Waals surface area contributed by atoms with Crippen LogP contribution in [0.1, 0.15) is 23.3 Å². The lowest BCUT2D eigenvalue weighted by Crippen LogP contribution is -2.36. The molecule has 0 radical (unpaired) electrons. The Bertz CT molecular complexity index is 641. The lowest BCUT2D eigenvalue weighted by atomic mass is 10.3. The fraction of sp³-hybridized carbons (Fsp3) is 0.400. The van der Waals surface area contributed by atoms with E-state index in [9.17, 15) is 9.59 Å². The van der Waals surface area contributed by atoms with Gasteiger partial charge in [-0.1, -0.05) is 6.08 Å². The number of rotatable bonds is 10. The second-order valence-electron chi connectivity index (χ2n) is 4.48. The highest BCUT2D eigenvalue weighted by molar-refractivity contribution is 7.13. The summed E-state index contributed by atoms with van der Waals surface area (Å²) in [6, 6.07) is 3.87. The fourth-order valence-electron chi connectivity index (χ4n) is 1.63. The number of anilines is 1. The minimum absolute atomic E-state index is 0.111. The molecular weight excluding hydrogens is 330 g/mol. The minimum Gasteiger partial charge on any atom is -0.451 e. The zero-order chi connectivity index (χ0) is 17.8. The molecule has 0 unspecified atom stereocenters. The minimum atomic E-state index is -0.702. The maximum atomic E-state index is 12.0. The van der Waals surface area contributed by atoms with Crippen molar-refractivity contribution in [1.29, 1.82) is 10.5 Å². The van der Waals surface area contributed by atoms with Crippen molar-refractivity contribution in [2.24, 2.45) is 0 Å². The summed E-state index contributed by atoms with van der Waals surface area (Å²) in [4.78, 5) is 29.3. The van der Waals surface area contributed by atoms with Crippen molar-refractivity contribution in [1.82, 2.24) is 9.88 Å². The van der Waals surface area contributed by atoms with Crippen LogP contribution in [-0.2, 0) is 9.53 Å². The summed E-state index contributed by atoms with van der Waals surface area (Å²) in [5.41, 5.74) is 0.111. The molecule has 0 saturated heterocycles. The van der Waals surface area contributed by atoms with Gasteiger partial charge in [-0.25, -0.2) is 9.78 Å². The van der Waals surface area contributed by atoms with Gasteiger partial charge in [0.25, 0.3) is 5.91 Å². The quantitative estimate of drug-likeness (QED) is 0.504. The van der Waals surface area contributed by atoms with E-state index in [2.05, 4.69) is 16.9 Å². The van der Waals surface area contributed by atoms with Gasteiger partial charge in [0, 0.05) is 25.0 Å². The molecule has 126 valence electrons. The summed E-state index contributed by atoms with van der Waals surface area (Å²) in [6.07, 6.45) is 1.96. The van der Waals surface area contributed by atoms with Crippen LogP contribution in [0.4, 0.5) is 5.13 Å². The van der Waals surface area contributed by atoms with Crippen molar-refractivity contribution in [2.45, 2.75) is 12.8 Å². The summed E-state index contributed by atoms with van der Waals surface area (Å²) >= 11 is 1.24. The Morgan fingerprint density at radius 2 is 2.04 bits per heavy atom. The number of hydrogen-bond acceptors (Lipinski definition) is 8. The predicted molar refractivity (Wildman–Crippen MR) is 88.1 cm³/mol. The van der Waals surface area contributed by atoms with Crippen LogP contribution in [-0.4, -0.2) is 48.0 Å². The van der Waals surface area contributed by atoms with Crippen LogP contribution in [0.5, 0.6) is 0 Å². The van der Waals surface area contributed by atoms with Crippen LogP contribution >= 0.6 is 11.3 Å². The molecule has 0 spiro atoms. The topological polar surface area (TPSA) is 119 Å². The number of amides is 1. The third kappa shape index (κ3) is 6.46. The van der Waals surface area contributed by atoms with E-state index >= 15 is 0 Å². The van der Waals surface area contributed by atoms with Crippen LogP contribution in [0.2, 0.25) is 0 Å². The monoisotopic (exact) mass is 347 g/mol.